The first-order valence-electron chi connectivity index (χ1n) is 10.3. The van der Waals surface area contributed by atoms with Crippen molar-refractivity contribution < 1.29 is 4.74 Å². The highest BCUT2D eigenvalue weighted by Gasteiger charge is 2.20. The molecule has 1 aliphatic heterocycles. The molecule has 0 amide bonds. The molecule has 4 heterocycles. The Balaban J connectivity index is 1.56. The lowest BCUT2D eigenvalue weighted by molar-refractivity contribution is 0.0362. The predicted molar refractivity (Wildman–Crippen MR) is 117 cm³/mol. The second-order valence-electron chi connectivity index (χ2n) is 7.49. The molecule has 5 rings (SSSR count). The summed E-state index contributed by atoms with van der Waals surface area (Å²) in [5.74, 6) is 0. The average molecular weight is 440 g/mol. The Labute approximate surface area is 183 Å². The van der Waals surface area contributed by atoms with E-state index in [9.17, 15) is 4.79 Å². The number of nitrogens with zero attached hydrogens (tertiary/aromatic N) is 7. The van der Waals surface area contributed by atoms with Crippen molar-refractivity contribution in [2.24, 2.45) is 0 Å². The van der Waals surface area contributed by atoms with Gasteiger partial charge in [0.25, 0.3) is 5.56 Å². The fourth-order valence-corrected chi connectivity index (χ4v) is 4.02. The zero-order valence-corrected chi connectivity index (χ0v) is 17.9. The minimum Gasteiger partial charge on any atom is -0.379 e. The Morgan fingerprint density at radius 2 is 1.84 bits per heavy atom. The minimum atomic E-state index is -0.214. The molecule has 0 atom stereocenters. The summed E-state index contributed by atoms with van der Waals surface area (Å²) < 4.78 is 8.59. The molecule has 1 fully saturated rings. The SMILES string of the molecule is CCc1nn2c(nnc3c(=O)n(CCN4CCOCC4)cnc32)c1-c1ccc(Cl)cc1. The molecule has 10 heteroatoms. The Hall–Kier alpha value is -2.88. The van der Waals surface area contributed by atoms with Crippen molar-refractivity contribution in [1.29, 1.82) is 0 Å². The summed E-state index contributed by atoms with van der Waals surface area (Å²) >= 11 is 6.05. The number of benzene rings is 1. The first-order chi connectivity index (χ1) is 15.2. The van der Waals surface area contributed by atoms with Crippen molar-refractivity contribution in [3.63, 3.8) is 0 Å². The topological polar surface area (TPSA) is 90.4 Å². The van der Waals surface area contributed by atoms with Gasteiger partial charge in [-0.1, -0.05) is 30.7 Å². The summed E-state index contributed by atoms with van der Waals surface area (Å²) in [5.41, 5.74) is 3.68. The first-order valence-corrected chi connectivity index (χ1v) is 10.7. The van der Waals surface area contributed by atoms with Crippen LogP contribution in [0, 0.1) is 0 Å². The van der Waals surface area contributed by atoms with E-state index in [1.54, 1.807) is 15.4 Å². The summed E-state index contributed by atoms with van der Waals surface area (Å²) in [7, 11) is 0. The number of rotatable bonds is 5. The normalized spacial score (nSPS) is 15.2. The molecule has 3 aromatic heterocycles. The number of fused-ring (bicyclic) bond motifs is 3. The fraction of sp³-hybridized carbons (Fsp3) is 0.381. The molecule has 0 spiro atoms. The Bertz CT molecular complexity index is 1290. The van der Waals surface area contributed by atoms with E-state index in [1.807, 2.05) is 31.2 Å². The van der Waals surface area contributed by atoms with Crippen LogP contribution in [0.5, 0.6) is 0 Å². The molecule has 160 valence electrons. The van der Waals surface area contributed by atoms with Crippen LogP contribution in [0.1, 0.15) is 12.6 Å². The number of halogens is 1. The quantitative estimate of drug-likeness (QED) is 0.470. The monoisotopic (exact) mass is 439 g/mol. The number of hydrogen-bond donors (Lipinski definition) is 0. The minimum absolute atomic E-state index is 0.213. The van der Waals surface area contributed by atoms with E-state index in [0.29, 0.717) is 29.3 Å². The Kier molecular flexibility index (Phi) is 5.39. The third-order valence-electron chi connectivity index (χ3n) is 5.60. The van der Waals surface area contributed by atoms with Crippen molar-refractivity contribution in [2.75, 3.05) is 32.8 Å². The maximum Gasteiger partial charge on any atom is 0.283 e. The van der Waals surface area contributed by atoms with Gasteiger partial charge in [-0.25, -0.2) is 4.98 Å². The van der Waals surface area contributed by atoms with Gasteiger partial charge in [0.05, 0.1) is 24.5 Å². The summed E-state index contributed by atoms with van der Waals surface area (Å²) in [6.45, 7) is 6.52. The third kappa shape index (κ3) is 3.69. The van der Waals surface area contributed by atoms with E-state index in [-0.39, 0.29) is 11.1 Å². The molecular weight excluding hydrogens is 418 g/mol. The lowest BCUT2D eigenvalue weighted by atomic mass is 10.0. The lowest BCUT2D eigenvalue weighted by Gasteiger charge is -2.26. The van der Waals surface area contributed by atoms with Gasteiger partial charge in [-0.15, -0.1) is 10.2 Å². The van der Waals surface area contributed by atoms with E-state index in [1.165, 1.54) is 0 Å². The first kappa shape index (κ1) is 20.0. The molecule has 0 saturated carbocycles. The van der Waals surface area contributed by atoms with Gasteiger partial charge in [0.15, 0.2) is 16.8 Å². The van der Waals surface area contributed by atoms with Crippen LogP contribution in [0.4, 0.5) is 0 Å². The van der Waals surface area contributed by atoms with Gasteiger partial charge in [-0.3, -0.25) is 14.3 Å². The Morgan fingerprint density at radius 1 is 1.06 bits per heavy atom. The van der Waals surface area contributed by atoms with Crippen LogP contribution in [0.3, 0.4) is 0 Å². The molecular formula is C21H22ClN7O2. The van der Waals surface area contributed by atoms with Crippen LogP contribution in [-0.2, 0) is 17.7 Å². The highest BCUT2D eigenvalue weighted by Crippen LogP contribution is 2.29. The number of ether oxygens (including phenoxy) is 1. The molecule has 4 aromatic rings. The molecule has 0 aliphatic carbocycles. The highest BCUT2D eigenvalue weighted by atomic mass is 35.5. The van der Waals surface area contributed by atoms with Gasteiger partial charge in [0.1, 0.15) is 6.33 Å². The van der Waals surface area contributed by atoms with E-state index < -0.39 is 0 Å². The van der Waals surface area contributed by atoms with Gasteiger partial charge in [-0.05, 0) is 24.1 Å². The second-order valence-corrected chi connectivity index (χ2v) is 7.92. The standard InChI is InChI=1S/C21H22ClN7O2/c1-2-16-17(14-3-5-15(22)6-4-14)19-25-24-18-20(29(19)26-16)23-13-28(21(18)30)8-7-27-9-11-31-12-10-27/h3-6,13H,2,7-12H2,1H3. The van der Waals surface area contributed by atoms with Gasteiger partial charge >= 0.3 is 0 Å². The van der Waals surface area contributed by atoms with Gasteiger partial charge in [-0.2, -0.15) is 9.61 Å². The van der Waals surface area contributed by atoms with Crippen LogP contribution in [-0.4, -0.2) is 67.1 Å². The fourth-order valence-electron chi connectivity index (χ4n) is 3.90. The zero-order chi connectivity index (χ0) is 21.4. The van der Waals surface area contributed by atoms with Crippen molar-refractivity contribution in [1.82, 2.24) is 34.3 Å². The van der Waals surface area contributed by atoms with Crippen molar-refractivity contribution in [3.05, 3.63) is 51.7 Å². The van der Waals surface area contributed by atoms with E-state index in [4.69, 9.17) is 21.4 Å². The second kappa shape index (κ2) is 8.33. The molecule has 0 unspecified atom stereocenters. The molecule has 0 N–H and O–H groups in total. The van der Waals surface area contributed by atoms with Crippen LogP contribution in [0.25, 0.3) is 27.9 Å². The molecule has 9 nitrogen and oxygen atoms in total. The number of aromatic nitrogens is 6. The summed E-state index contributed by atoms with van der Waals surface area (Å²) in [5, 5.41) is 14.0. The number of hydrogen-bond acceptors (Lipinski definition) is 7. The van der Waals surface area contributed by atoms with Crippen LogP contribution < -0.4 is 5.56 Å². The Morgan fingerprint density at radius 3 is 2.58 bits per heavy atom. The molecule has 1 aliphatic rings. The van der Waals surface area contributed by atoms with E-state index in [0.717, 1.165) is 49.7 Å². The number of aryl methyl sites for hydroxylation is 1. The predicted octanol–water partition coefficient (Wildman–Crippen LogP) is 2.05. The van der Waals surface area contributed by atoms with E-state index >= 15 is 0 Å². The molecule has 31 heavy (non-hydrogen) atoms. The molecule has 1 saturated heterocycles. The summed E-state index contributed by atoms with van der Waals surface area (Å²) in [6.07, 6.45) is 2.28. The summed E-state index contributed by atoms with van der Waals surface area (Å²) in [4.78, 5) is 19.8. The third-order valence-corrected chi connectivity index (χ3v) is 5.85. The zero-order valence-electron chi connectivity index (χ0n) is 17.2. The van der Waals surface area contributed by atoms with Crippen LogP contribution in [0.2, 0.25) is 5.02 Å². The van der Waals surface area contributed by atoms with E-state index in [2.05, 4.69) is 20.1 Å². The highest BCUT2D eigenvalue weighted by molar-refractivity contribution is 6.30. The largest absolute Gasteiger partial charge is 0.379 e. The maximum absolute atomic E-state index is 13.0. The van der Waals surface area contributed by atoms with Crippen LogP contribution in [0.15, 0.2) is 35.4 Å². The molecule has 0 radical (unpaired) electrons. The van der Waals surface area contributed by atoms with Gasteiger partial charge in [0.2, 0.25) is 0 Å². The summed E-state index contributed by atoms with van der Waals surface area (Å²) in [6, 6.07) is 7.53. The van der Waals surface area contributed by atoms with Crippen molar-refractivity contribution in [3.8, 4) is 11.1 Å². The lowest BCUT2D eigenvalue weighted by Crippen LogP contribution is -2.39. The number of morpholine rings is 1. The van der Waals surface area contributed by atoms with Gasteiger partial charge in [0, 0.05) is 31.2 Å². The average Bonchev–Trinajstić information content (AvgIpc) is 3.19. The van der Waals surface area contributed by atoms with Crippen molar-refractivity contribution >= 4 is 28.4 Å². The smallest absolute Gasteiger partial charge is 0.283 e. The molecule has 1 aromatic carbocycles. The van der Waals surface area contributed by atoms with Crippen LogP contribution >= 0.6 is 11.6 Å². The van der Waals surface area contributed by atoms with Crippen molar-refractivity contribution in [2.45, 2.75) is 19.9 Å². The van der Waals surface area contributed by atoms with Gasteiger partial charge < -0.3 is 4.74 Å². The maximum atomic E-state index is 13.0. The molecule has 0 bridgehead atoms.